The van der Waals surface area contributed by atoms with Crippen LogP contribution in [0.1, 0.15) is 6.42 Å². The van der Waals surface area contributed by atoms with E-state index in [-0.39, 0.29) is 11.8 Å². The Hall–Kier alpha value is -3.26. The smallest absolute Gasteiger partial charge is 0.228 e. The number of aromatic nitrogens is 3. The van der Waals surface area contributed by atoms with Crippen molar-refractivity contribution in [3.05, 3.63) is 42.7 Å². The van der Waals surface area contributed by atoms with Crippen LogP contribution in [0.4, 0.5) is 11.5 Å². The van der Waals surface area contributed by atoms with Gasteiger partial charge in [0.15, 0.2) is 5.82 Å². The molecule has 0 saturated carbocycles. The average Bonchev–Trinajstić information content (AvgIpc) is 3.38. The van der Waals surface area contributed by atoms with Crippen molar-refractivity contribution in [3.8, 4) is 11.3 Å². The van der Waals surface area contributed by atoms with Crippen LogP contribution in [0.2, 0.25) is 0 Å². The number of amides is 1. The van der Waals surface area contributed by atoms with Crippen molar-refractivity contribution in [2.45, 2.75) is 6.42 Å². The van der Waals surface area contributed by atoms with Gasteiger partial charge < -0.3 is 19.9 Å². The van der Waals surface area contributed by atoms with Gasteiger partial charge in [-0.15, -0.1) is 0 Å². The fraction of sp³-hybridized carbons (Fsp3) is 0.391. The number of fused-ring (bicyclic) bond motifs is 1. The van der Waals surface area contributed by atoms with Gasteiger partial charge >= 0.3 is 0 Å². The molecule has 0 radical (unpaired) electrons. The van der Waals surface area contributed by atoms with Gasteiger partial charge in [-0.05, 0) is 24.6 Å². The molecule has 8 heteroatoms. The highest BCUT2D eigenvalue weighted by molar-refractivity contribution is 5.88. The van der Waals surface area contributed by atoms with Gasteiger partial charge in [0.1, 0.15) is 5.52 Å². The molecule has 160 valence electrons. The third kappa shape index (κ3) is 3.90. The summed E-state index contributed by atoms with van der Waals surface area (Å²) in [6.07, 6.45) is 4.22. The molecule has 4 heterocycles. The Bertz CT molecular complexity index is 1070. The lowest BCUT2D eigenvalue weighted by atomic mass is 10.1. The number of nitrogens with zero attached hydrogens (tertiary/aromatic N) is 5. The molecule has 0 bridgehead atoms. The van der Waals surface area contributed by atoms with E-state index in [0.717, 1.165) is 66.4 Å². The summed E-state index contributed by atoms with van der Waals surface area (Å²) in [5.74, 6) is 1.02. The van der Waals surface area contributed by atoms with Crippen molar-refractivity contribution in [1.29, 1.82) is 0 Å². The fourth-order valence-corrected chi connectivity index (χ4v) is 4.31. The lowest BCUT2D eigenvalue weighted by Crippen LogP contribution is -2.50. The molecule has 1 atom stereocenters. The van der Waals surface area contributed by atoms with Gasteiger partial charge in [-0.1, -0.05) is 12.1 Å². The Labute approximate surface area is 181 Å². The standard InChI is InChI=1S/C23H26N6O2/c1-24-22-21-20(25-7-8-26-21)14-19(27-22)16-2-4-18(5-3-16)28-9-11-29(12-10-28)23(30)17-6-13-31-15-17/h2-5,7-8,14,17H,6,9-13,15H2,1H3,(H,24,27). The lowest BCUT2D eigenvalue weighted by Gasteiger charge is -2.37. The van der Waals surface area contributed by atoms with E-state index in [2.05, 4.69) is 44.5 Å². The minimum atomic E-state index is 0.0486. The summed E-state index contributed by atoms with van der Waals surface area (Å²) in [5.41, 5.74) is 4.63. The maximum atomic E-state index is 12.6. The summed E-state index contributed by atoms with van der Waals surface area (Å²) in [4.78, 5) is 30.4. The normalized spacial score (nSPS) is 19.1. The first kappa shape index (κ1) is 19.7. The van der Waals surface area contributed by atoms with Gasteiger partial charge in [-0.2, -0.15) is 0 Å². The van der Waals surface area contributed by atoms with Crippen LogP contribution in [0.3, 0.4) is 0 Å². The molecule has 8 nitrogen and oxygen atoms in total. The number of hydrogen-bond donors (Lipinski definition) is 1. The number of pyridine rings is 1. The number of hydrogen-bond acceptors (Lipinski definition) is 7. The Morgan fingerprint density at radius 2 is 1.87 bits per heavy atom. The van der Waals surface area contributed by atoms with Crippen molar-refractivity contribution >= 4 is 28.4 Å². The van der Waals surface area contributed by atoms with E-state index in [1.165, 1.54) is 0 Å². The molecule has 1 amide bonds. The predicted octanol–water partition coefficient (Wildman–Crippen LogP) is 2.42. The molecule has 1 aromatic carbocycles. The molecule has 2 aliphatic rings. The second-order valence-corrected chi connectivity index (χ2v) is 7.95. The summed E-state index contributed by atoms with van der Waals surface area (Å²) in [7, 11) is 1.84. The second kappa shape index (κ2) is 8.47. The minimum Gasteiger partial charge on any atom is -0.381 e. The second-order valence-electron chi connectivity index (χ2n) is 7.95. The molecule has 2 aliphatic heterocycles. The highest BCUT2D eigenvalue weighted by Crippen LogP contribution is 2.27. The van der Waals surface area contributed by atoms with E-state index in [0.29, 0.717) is 13.2 Å². The number of piperazine rings is 1. The monoisotopic (exact) mass is 418 g/mol. The van der Waals surface area contributed by atoms with E-state index in [9.17, 15) is 4.79 Å². The number of anilines is 2. The summed E-state index contributed by atoms with van der Waals surface area (Å²) in [6, 6.07) is 10.4. The van der Waals surface area contributed by atoms with Gasteiger partial charge in [0.2, 0.25) is 5.91 Å². The number of carbonyl (C=O) groups excluding carboxylic acids is 1. The maximum absolute atomic E-state index is 12.6. The van der Waals surface area contributed by atoms with Crippen LogP contribution < -0.4 is 10.2 Å². The SMILES string of the molecule is CNc1nc(-c2ccc(N3CCN(C(=O)C4CCOC4)CC3)cc2)cc2nccnc12. The summed E-state index contributed by atoms with van der Waals surface area (Å²) < 4.78 is 5.37. The van der Waals surface area contributed by atoms with Crippen LogP contribution in [0, 0.1) is 5.92 Å². The van der Waals surface area contributed by atoms with E-state index in [4.69, 9.17) is 9.72 Å². The molecule has 1 N–H and O–H groups in total. The Balaban J connectivity index is 1.29. The summed E-state index contributed by atoms with van der Waals surface area (Å²) in [6.45, 7) is 4.47. The number of carbonyl (C=O) groups is 1. The molecular weight excluding hydrogens is 392 g/mol. The van der Waals surface area contributed by atoms with Gasteiger partial charge in [0.05, 0.1) is 23.7 Å². The quantitative estimate of drug-likeness (QED) is 0.697. The van der Waals surface area contributed by atoms with Crippen LogP contribution in [0.5, 0.6) is 0 Å². The van der Waals surface area contributed by atoms with Crippen molar-refractivity contribution in [3.63, 3.8) is 0 Å². The molecule has 0 spiro atoms. The predicted molar refractivity (Wildman–Crippen MR) is 120 cm³/mol. The summed E-state index contributed by atoms with van der Waals surface area (Å²) >= 11 is 0. The molecule has 1 unspecified atom stereocenters. The van der Waals surface area contributed by atoms with Crippen molar-refractivity contribution in [2.75, 3.05) is 56.7 Å². The first-order valence-electron chi connectivity index (χ1n) is 10.7. The van der Waals surface area contributed by atoms with E-state index < -0.39 is 0 Å². The largest absolute Gasteiger partial charge is 0.381 e. The number of ether oxygens (including phenoxy) is 1. The van der Waals surface area contributed by atoms with Crippen LogP contribution in [0.25, 0.3) is 22.3 Å². The number of nitrogens with one attached hydrogen (secondary N) is 1. The zero-order valence-corrected chi connectivity index (χ0v) is 17.6. The van der Waals surface area contributed by atoms with Crippen molar-refractivity contribution in [1.82, 2.24) is 19.9 Å². The van der Waals surface area contributed by atoms with E-state index in [1.807, 2.05) is 18.0 Å². The van der Waals surface area contributed by atoms with Crippen LogP contribution in [-0.4, -0.2) is 72.2 Å². The van der Waals surface area contributed by atoms with E-state index in [1.54, 1.807) is 12.4 Å². The third-order valence-electron chi connectivity index (χ3n) is 6.09. The highest BCUT2D eigenvalue weighted by Gasteiger charge is 2.30. The number of benzene rings is 1. The Kier molecular flexibility index (Phi) is 5.38. The molecule has 2 saturated heterocycles. The Morgan fingerprint density at radius 3 is 2.58 bits per heavy atom. The van der Waals surface area contributed by atoms with Gasteiger partial charge in [-0.3, -0.25) is 9.78 Å². The summed E-state index contributed by atoms with van der Waals surface area (Å²) in [5, 5.41) is 3.11. The molecule has 2 fully saturated rings. The first-order chi connectivity index (χ1) is 15.2. The molecule has 5 rings (SSSR count). The highest BCUT2D eigenvalue weighted by atomic mass is 16.5. The third-order valence-corrected chi connectivity index (χ3v) is 6.09. The van der Waals surface area contributed by atoms with E-state index >= 15 is 0 Å². The van der Waals surface area contributed by atoms with Crippen LogP contribution in [-0.2, 0) is 9.53 Å². The van der Waals surface area contributed by atoms with Gasteiger partial charge in [0.25, 0.3) is 0 Å². The van der Waals surface area contributed by atoms with Crippen LogP contribution in [0.15, 0.2) is 42.7 Å². The molecule has 2 aromatic heterocycles. The lowest BCUT2D eigenvalue weighted by molar-refractivity contribution is -0.135. The van der Waals surface area contributed by atoms with Crippen molar-refractivity contribution in [2.24, 2.45) is 5.92 Å². The molecule has 31 heavy (non-hydrogen) atoms. The molecule has 0 aliphatic carbocycles. The zero-order chi connectivity index (χ0) is 21.2. The maximum Gasteiger partial charge on any atom is 0.228 e. The topological polar surface area (TPSA) is 83.5 Å². The van der Waals surface area contributed by atoms with Gasteiger partial charge in [-0.25, -0.2) is 9.97 Å². The van der Waals surface area contributed by atoms with Crippen LogP contribution >= 0.6 is 0 Å². The average molecular weight is 419 g/mol. The Morgan fingerprint density at radius 1 is 1.10 bits per heavy atom. The van der Waals surface area contributed by atoms with Crippen molar-refractivity contribution < 1.29 is 9.53 Å². The number of rotatable bonds is 4. The molecule has 3 aromatic rings. The minimum absolute atomic E-state index is 0.0486. The first-order valence-corrected chi connectivity index (χ1v) is 10.7. The zero-order valence-electron chi connectivity index (χ0n) is 17.6. The fourth-order valence-electron chi connectivity index (χ4n) is 4.31. The van der Waals surface area contributed by atoms with Gasteiger partial charge in [0, 0.05) is 63.5 Å². The molecular formula is C23H26N6O2.